The Hall–Kier alpha value is -3.88. The van der Waals surface area contributed by atoms with Gasteiger partial charge in [0.2, 0.25) is 0 Å². The number of hydrogen-bond donors (Lipinski definition) is 3. The van der Waals surface area contributed by atoms with Gasteiger partial charge in [0.15, 0.2) is 11.6 Å². The molecule has 0 aromatic heterocycles. The maximum Gasteiger partial charge on any atom is 0.262 e. The van der Waals surface area contributed by atoms with Gasteiger partial charge in [-0.1, -0.05) is 24.8 Å². The molecule has 0 spiro atoms. The number of aliphatic hydroxyl groups is 1. The van der Waals surface area contributed by atoms with Crippen molar-refractivity contribution in [2.24, 2.45) is 17.8 Å². The minimum Gasteiger partial charge on any atom is -0.871 e. The molecule has 0 fully saturated rings. The van der Waals surface area contributed by atoms with Crippen molar-refractivity contribution >= 4 is 29.1 Å². The van der Waals surface area contributed by atoms with Crippen molar-refractivity contribution in [2.75, 3.05) is 25.5 Å². The molecule has 4 rings (SSSR count). The molecule has 0 bridgehead atoms. The Bertz CT molecular complexity index is 1290. The summed E-state index contributed by atoms with van der Waals surface area (Å²) in [5.41, 5.74) is 1.79. The molecule has 3 aliphatic carbocycles. The first-order chi connectivity index (χ1) is 17.5. The lowest BCUT2D eigenvalue weighted by Crippen LogP contribution is -2.42. The minimum absolute atomic E-state index is 0.0168. The third kappa shape index (κ3) is 4.22. The highest BCUT2D eigenvalue weighted by Crippen LogP contribution is 2.52. The van der Waals surface area contributed by atoms with E-state index in [2.05, 4.69) is 17.2 Å². The second kappa shape index (κ2) is 9.88. The zero-order valence-electron chi connectivity index (χ0n) is 21.6. The van der Waals surface area contributed by atoms with Gasteiger partial charge in [-0.2, -0.15) is 0 Å². The quantitative estimate of drug-likeness (QED) is 0.503. The van der Waals surface area contributed by atoms with Crippen molar-refractivity contribution in [1.29, 1.82) is 0 Å². The van der Waals surface area contributed by atoms with Crippen LogP contribution >= 0.6 is 0 Å². The number of carbonyl (C=O) groups excluding carboxylic acids is 4. The molecular formula is C28H32N3O6-. The Balaban J connectivity index is 1.87. The number of ketones is 2. The number of anilines is 1. The van der Waals surface area contributed by atoms with Crippen molar-refractivity contribution in [3.8, 4) is 5.75 Å². The molecule has 1 aromatic carbocycles. The number of nitrogens with zero attached hydrogens (tertiary/aromatic N) is 1. The molecule has 3 aliphatic rings. The Labute approximate surface area is 215 Å². The lowest BCUT2D eigenvalue weighted by molar-refractivity contribution is -0.269. The second-order valence-electron chi connectivity index (χ2n) is 10.1. The van der Waals surface area contributed by atoms with Crippen LogP contribution in [0.3, 0.4) is 0 Å². The van der Waals surface area contributed by atoms with Gasteiger partial charge < -0.3 is 25.7 Å². The number of hydrogen-bond acceptors (Lipinski definition) is 7. The highest BCUT2D eigenvalue weighted by atomic mass is 16.3. The van der Waals surface area contributed by atoms with Gasteiger partial charge in [-0.05, 0) is 55.9 Å². The molecule has 0 radical (unpaired) electrons. The summed E-state index contributed by atoms with van der Waals surface area (Å²) in [5.74, 6) is -4.33. The van der Waals surface area contributed by atoms with Gasteiger partial charge in [-0.25, -0.2) is 0 Å². The standard InChI is InChI=1S/C28H33N3O6/c1-6-8-30-27(36)17-12-18(31(4)5)16-10-14-9-15-11-19(32)23(28(37)29-7-2)26(35)21(15)13(3)20(14)25(34)22(16)24(17)33/h7,12,14-15,21,33,35H,2,6,8-11H2,1,3-5H3,(H,29,37)(H,30,36)/p-1. The average Bonchev–Trinajstić information content (AvgIpc) is 2.82. The molecule has 3 unspecified atom stereocenters. The first kappa shape index (κ1) is 26.2. The zero-order valence-corrected chi connectivity index (χ0v) is 21.6. The highest BCUT2D eigenvalue weighted by Gasteiger charge is 2.48. The molecule has 0 saturated heterocycles. The van der Waals surface area contributed by atoms with E-state index in [4.69, 9.17) is 0 Å². The number of nitrogens with one attached hydrogen (secondary N) is 2. The first-order valence-corrected chi connectivity index (χ1v) is 12.5. The van der Waals surface area contributed by atoms with Crippen LogP contribution in [0, 0.1) is 17.8 Å². The van der Waals surface area contributed by atoms with E-state index in [0.29, 0.717) is 48.2 Å². The lowest BCUT2D eigenvalue weighted by atomic mass is 9.60. The Kier molecular flexibility index (Phi) is 6.99. The second-order valence-corrected chi connectivity index (χ2v) is 10.1. The maximum atomic E-state index is 13.9. The summed E-state index contributed by atoms with van der Waals surface area (Å²) in [4.78, 5) is 53.8. The van der Waals surface area contributed by atoms with Crippen LogP contribution in [-0.4, -0.2) is 49.1 Å². The number of carbonyl (C=O) groups is 4. The minimum atomic E-state index is -0.739. The number of rotatable bonds is 6. The van der Waals surface area contributed by atoms with E-state index in [-0.39, 0.29) is 40.7 Å². The van der Waals surface area contributed by atoms with Gasteiger partial charge in [0, 0.05) is 55.4 Å². The van der Waals surface area contributed by atoms with Crippen molar-refractivity contribution in [3.63, 3.8) is 0 Å². The molecule has 0 saturated carbocycles. The van der Waals surface area contributed by atoms with Crippen LogP contribution in [0.25, 0.3) is 0 Å². The molecule has 0 heterocycles. The van der Waals surface area contributed by atoms with Gasteiger partial charge >= 0.3 is 0 Å². The van der Waals surface area contributed by atoms with Crippen LogP contribution in [0.4, 0.5) is 5.69 Å². The fourth-order valence-electron chi connectivity index (χ4n) is 6.11. The van der Waals surface area contributed by atoms with Crippen molar-refractivity contribution in [1.82, 2.24) is 10.6 Å². The highest BCUT2D eigenvalue weighted by molar-refractivity contribution is 6.21. The van der Waals surface area contributed by atoms with E-state index in [1.165, 1.54) is 0 Å². The third-order valence-electron chi connectivity index (χ3n) is 7.64. The molecule has 37 heavy (non-hydrogen) atoms. The van der Waals surface area contributed by atoms with E-state index >= 15 is 0 Å². The summed E-state index contributed by atoms with van der Waals surface area (Å²) in [5, 5.41) is 29.6. The average molecular weight is 507 g/mol. The molecule has 2 amide bonds. The van der Waals surface area contributed by atoms with Crippen molar-refractivity contribution in [3.05, 3.63) is 58.0 Å². The predicted octanol–water partition coefficient (Wildman–Crippen LogP) is 2.32. The topological polar surface area (TPSA) is 139 Å². The van der Waals surface area contributed by atoms with Crippen LogP contribution in [0.5, 0.6) is 5.75 Å². The summed E-state index contributed by atoms with van der Waals surface area (Å²) in [6.45, 7) is 7.45. The van der Waals surface area contributed by atoms with Crippen LogP contribution in [0.1, 0.15) is 59.4 Å². The predicted molar refractivity (Wildman–Crippen MR) is 136 cm³/mol. The number of aliphatic hydroxyl groups excluding tert-OH is 1. The monoisotopic (exact) mass is 506 g/mol. The summed E-state index contributed by atoms with van der Waals surface area (Å²) in [6, 6.07) is 1.55. The number of allylic oxidation sites excluding steroid dienone is 2. The fraction of sp³-hybridized carbons (Fsp3) is 0.429. The summed E-state index contributed by atoms with van der Waals surface area (Å²) < 4.78 is 0. The van der Waals surface area contributed by atoms with Gasteiger partial charge in [0.25, 0.3) is 11.8 Å². The molecule has 9 heteroatoms. The summed E-state index contributed by atoms with van der Waals surface area (Å²) >= 11 is 0. The Morgan fingerprint density at radius 3 is 2.57 bits per heavy atom. The van der Waals surface area contributed by atoms with Crippen molar-refractivity contribution < 1.29 is 29.4 Å². The maximum absolute atomic E-state index is 13.9. The smallest absolute Gasteiger partial charge is 0.262 e. The molecule has 1 aromatic rings. The molecule has 196 valence electrons. The number of amides is 2. The number of benzene rings is 1. The van der Waals surface area contributed by atoms with E-state index < -0.39 is 35.0 Å². The lowest BCUT2D eigenvalue weighted by Gasteiger charge is -2.43. The zero-order chi connectivity index (χ0) is 27.2. The number of Topliss-reactive ketones (excluding diaryl/α,β-unsaturated/α-hetero) is 2. The van der Waals surface area contributed by atoms with Crippen LogP contribution in [0.2, 0.25) is 0 Å². The van der Waals surface area contributed by atoms with Crippen molar-refractivity contribution in [2.45, 2.75) is 39.5 Å². The van der Waals surface area contributed by atoms with Crippen LogP contribution < -0.4 is 20.6 Å². The van der Waals surface area contributed by atoms with Gasteiger partial charge in [0.05, 0.1) is 0 Å². The molecular weight excluding hydrogens is 474 g/mol. The summed E-state index contributed by atoms with van der Waals surface area (Å²) in [6.07, 6.45) is 2.76. The first-order valence-electron chi connectivity index (χ1n) is 12.5. The number of fused-ring (bicyclic) bond motifs is 3. The summed E-state index contributed by atoms with van der Waals surface area (Å²) in [7, 11) is 3.59. The van der Waals surface area contributed by atoms with E-state index in [1.54, 1.807) is 32.0 Å². The van der Waals surface area contributed by atoms with E-state index in [0.717, 1.165) is 6.20 Å². The molecule has 3 atom stereocenters. The van der Waals surface area contributed by atoms with E-state index in [9.17, 15) is 29.4 Å². The van der Waals surface area contributed by atoms with Gasteiger partial charge in [-0.15, -0.1) is 0 Å². The SMILES string of the molecule is C=CNC(=O)C1=C(O)C2C(C)=C3C(=O)c4c([O-])c(C(=O)NCCC)cc(N(C)C)c4CC3CC2CC1=O. The Morgan fingerprint density at radius 2 is 1.95 bits per heavy atom. The van der Waals surface area contributed by atoms with Crippen LogP contribution in [0.15, 0.2) is 41.3 Å². The largest absolute Gasteiger partial charge is 0.871 e. The van der Waals surface area contributed by atoms with E-state index in [1.807, 2.05) is 6.92 Å². The molecule has 3 N–H and O–H groups in total. The van der Waals surface area contributed by atoms with Gasteiger partial charge in [-0.3, -0.25) is 19.2 Å². The van der Waals surface area contributed by atoms with Crippen LogP contribution in [-0.2, 0) is 16.0 Å². The molecule has 0 aliphatic heterocycles. The Morgan fingerprint density at radius 1 is 1.24 bits per heavy atom. The normalized spacial score (nSPS) is 22.6. The fourth-order valence-corrected chi connectivity index (χ4v) is 6.11. The van der Waals surface area contributed by atoms with Gasteiger partial charge in [0.1, 0.15) is 11.3 Å². The molecule has 9 nitrogen and oxygen atoms in total. The third-order valence-corrected chi connectivity index (χ3v) is 7.64.